The average molecular weight is 481 g/mol. The van der Waals surface area contributed by atoms with Crippen molar-refractivity contribution in [1.29, 1.82) is 0 Å². The van der Waals surface area contributed by atoms with Crippen molar-refractivity contribution in [3.8, 4) is 0 Å². The summed E-state index contributed by atoms with van der Waals surface area (Å²) in [5.74, 6) is -0.0664. The van der Waals surface area contributed by atoms with Gasteiger partial charge in [0.25, 0.3) is 0 Å². The van der Waals surface area contributed by atoms with Crippen LogP contribution in [0.1, 0.15) is 76.8 Å². The third-order valence-electron chi connectivity index (χ3n) is 6.26. The number of likely N-dealkylation sites (tertiary alicyclic amines) is 1. The molecule has 0 aliphatic carbocycles. The van der Waals surface area contributed by atoms with Crippen molar-refractivity contribution in [2.24, 2.45) is 0 Å². The molecule has 1 aliphatic heterocycles. The second kappa shape index (κ2) is 13.2. The third kappa shape index (κ3) is 9.30. The summed E-state index contributed by atoms with van der Waals surface area (Å²) in [5, 5.41) is 3.29. The highest BCUT2D eigenvalue weighted by molar-refractivity contribution is 5.86. The number of rotatable bonds is 10. The molecule has 7 heteroatoms. The monoisotopic (exact) mass is 480 g/mol. The predicted octanol–water partition coefficient (Wildman–Crippen LogP) is 5.10. The minimum atomic E-state index is -0.587. The summed E-state index contributed by atoms with van der Waals surface area (Å²) in [6.07, 6.45) is 15.0. The highest BCUT2D eigenvalue weighted by Crippen LogP contribution is 2.21. The van der Waals surface area contributed by atoms with E-state index in [-0.39, 0.29) is 11.9 Å². The number of aryl methyl sites for hydroxylation is 2. The van der Waals surface area contributed by atoms with Gasteiger partial charge in [0.2, 0.25) is 5.91 Å². The Morgan fingerprint density at radius 2 is 1.63 bits per heavy atom. The maximum absolute atomic E-state index is 13.4. The molecule has 2 aromatic rings. The summed E-state index contributed by atoms with van der Waals surface area (Å²) in [5.41, 5.74) is 1.82. The van der Waals surface area contributed by atoms with E-state index in [9.17, 15) is 9.59 Å². The Hall–Kier alpha value is -2.96. The van der Waals surface area contributed by atoms with Crippen molar-refractivity contribution in [3.05, 3.63) is 60.2 Å². The molecule has 190 valence electrons. The van der Waals surface area contributed by atoms with Gasteiger partial charge in [-0.1, -0.05) is 12.1 Å². The van der Waals surface area contributed by atoms with E-state index in [2.05, 4.69) is 27.4 Å². The summed E-state index contributed by atoms with van der Waals surface area (Å²) in [6.45, 7) is 6.11. The van der Waals surface area contributed by atoms with E-state index in [0.29, 0.717) is 13.0 Å². The Balaban J connectivity index is 1.60. The van der Waals surface area contributed by atoms with E-state index in [0.717, 1.165) is 51.4 Å². The third-order valence-corrected chi connectivity index (χ3v) is 6.26. The number of hydrogen-bond acceptors (Lipinski definition) is 5. The minimum absolute atomic E-state index is 0.0539. The van der Waals surface area contributed by atoms with Gasteiger partial charge in [0, 0.05) is 37.4 Å². The lowest BCUT2D eigenvalue weighted by Gasteiger charge is -2.36. The molecule has 7 nitrogen and oxygen atoms in total. The van der Waals surface area contributed by atoms with Gasteiger partial charge in [-0.05, 0) is 102 Å². The Bertz CT molecular complexity index is 869. The van der Waals surface area contributed by atoms with Crippen LogP contribution < -0.4 is 5.32 Å². The molecule has 35 heavy (non-hydrogen) atoms. The molecule has 0 radical (unpaired) electrons. The Morgan fingerprint density at radius 1 is 1.03 bits per heavy atom. The van der Waals surface area contributed by atoms with Gasteiger partial charge in [0.1, 0.15) is 11.6 Å². The predicted molar refractivity (Wildman–Crippen MR) is 137 cm³/mol. The zero-order valence-electron chi connectivity index (χ0n) is 21.4. The molecule has 2 amide bonds. The smallest absolute Gasteiger partial charge is 0.410 e. The van der Waals surface area contributed by atoms with Crippen LogP contribution in [0.3, 0.4) is 0 Å². The number of carbonyl (C=O) groups is 2. The molecule has 2 aromatic heterocycles. The molecule has 1 saturated heterocycles. The molecule has 1 aliphatic rings. The number of amides is 2. The van der Waals surface area contributed by atoms with Gasteiger partial charge in [-0.15, -0.1) is 0 Å². The fourth-order valence-electron chi connectivity index (χ4n) is 4.53. The lowest BCUT2D eigenvalue weighted by molar-refractivity contribution is -0.128. The quantitative estimate of drug-likeness (QED) is 0.512. The fourth-order valence-corrected chi connectivity index (χ4v) is 4.53. The Labute approximate surface area is 209 Å². The Morgan fingerprint density at radius 3 is 2.14 bits per heavy atom. The molecule has 1 atom stereocenters. The van der Waals surface area contributed by atoms with Gasteiger partial charge in [-0.25, -0.2) is 4.79 Å². The summed E-state index contributed by atoms with van der Waals surface area (Å²) in [7, 11) is 0. The minimum Gasteiger partial charge on any atom is -0.444 e. The molecule has 0 aromatic carbocycles. The van der Waals surface area contributed by atoms with Crippen LogP contribution >= 0.6 is 0 Å². The van der Waals surface area contributed by atoms with Crippen LogP contribution in [0.25, 0.3) is 0 Å². The molecule has 0 bridgehead atoms. The lowest BCUT2D eigenvalue weighted by Crippen LogP contribution is -2.54. The second-order valence-corrected chi connectivity index (χ2v) is 10.4. The number of nitrogens with one attached hydrogen (secondary N) is 1. The first kappa shape index (κ1) is 26.6. The van der Waals surface area contributed by atoms with E-state index in [1.165, 1.54) is 11.1 Å². The van der Waals surface area contributed by atoms with E-state index in [4.69, 9.17) is 4.74 Å². The van der Waals surface area contributed by atoms with Crippen molar-refractivity contribution in [2.75, 3.05) is 6.54 Å². The largest absolute Gasteiger partial charge is 0.444 e. The van der Waals surface area contributed by atoms with Crippen LogP contribution in [-0.2, 0) is 22.4 Å². The van der Waals surface area contributed by atoms with Crippen molar-refractivity contribution < 1.29 is 14.3 Å². The zero-order valence-corrected chi connectivity index (χ0v) is 21.4. The molecule has 0 spiro atoms. The van der Waals surface area contributed by atoms with E-state index in [1.807, 2.05) is 45.3 Å². The number of carbonyl (C=O) groups excluding carboxylic acids is 2. The van der Waals surface area contributed by atoms with E-state index >= 15 is 0 Å². The normalized spacial score (nSPS) is 16.2. The molecule has 0 saturated carbocycles. The highest BCUT2D eigenvalue weighted by Gasteiger charge is 2.35. The number of pyridine rings is 2. The standard InChI is InChI=1S/C28H40N4O3/c1-28(2,3)35-27(34)32-19-5-4-16-25(32)26(33)31-24(14-6-10-22-12-8-17-29-20-22)15-7-11-23-13-9-18-30-21-23/h8-9,12-13,17-18,20-21,24-25H,4-7,10-11,14-16,19H2,1-3H3,(H,31,33). The molecule has 3 rings (SSSR count). The molecule has 1 fully saturated rings. The van der Waals surface area contributed by atoms with Crippen molar-refractivity contribution in [2.45, 2.75) is 96.2 Å². The van der Waals surface area contributed by atoms with Crippen molar-refractivity contribution in [1.82, 2.24) is 20.2 Å². The zero-order chi connectivity index (χ0) is 25.1. The molecular formula is C28H40N4O3. The first-order valence-electron chi connectivity index (χ1n) is 12.9. The number of hydrogen-bond donors (Lipinski definition) is 1. The van der Waals surface area contributed by atoms with E-state index < -0.39 is 17.7 Å². The first-order chi connectivity index (χ1) is 16.8. The van der Waals surface area contributed by atoms with Gasteiger partial charge in [0.15, 0.2) is 0 Å². The molecular weight excluding hydrogens is 440 g/mol. The topological polar surface area (TPSA) is 84.4 Å². The van der Waals surface area contributed by atoms with Crippen LogP contribution in [0.5, 0.6) is 0 Å². The number of nitrogens with zero attached hydrogens (tertiary/aromatic N) is 3. The molecule has 3 heterocycles. The summed E-state index contributed by atoms with van der Waals surface area (Å²) < 4.78 is 5.59. The SMILES string of the molecule is CC(C)(C)OC(=O)N1CCCCC1C(=O)NC(CCCc1cccnc1)CCCc1cccnc1. The number of aromatic nitrogens is 2. The lowest BCUT2D eigenvalue weighted by atomic mass is 9.98. The molecule has 1 unspecified atom stereocenters. The van der Waals surface area contributed by atoms with Crippen LogP contribution in [0, 0.1) is 0 Å². The van der Waals surface area contributed by atoms with Crippen molar-refractivity contribution in [3.63, 3.8) is 0 Å². The fraction of sp³-hybridized carbons (Fsp3) is 0.571. The van der Waals surface area contributed by atoms with Gasteiger partial charge < -0.3 is 10.1 Å². The summed E-state index contributed by atoms with van der Waals surface area (Å²) in [4.78, 5) is 36.2. The van der Waals surface area contributed by atoms with Crippen LogP contribution in [0.4, 0.5) is 4.79 Å². The van der Waals surface area contributed by atoms with Gasteiger partial charge in [-0.3, -0.25) is 19.7 Å². The van der Waals surface area contributed by atoms with Crippen LogP contribution in [0.2, 0.25) is 0 Å². The van der Waals surface area contributed by atoms with E-state index in [1.54, 1.807) is 17.3 Å². The number of piperidine rings is 1. The average Bonchev–Trinajstić information content (AvgIpc) is 2.84. The van der Waals surface area contributed by atoms with Gasteiger partial charge >= 0.3 is 6.09 Å². The van der Waals surface area contributed by atoms with Gasteiger partial charge in [0.05, 0.1) is 0 Å². The first-order valence-corrected chi connectivity index (χ1v) is 12.9. The maximum atomic E-state index is 13.4. The summed E-state index contributed by atoms with van der Waals surface area (Å²) in [6, 6.07) is 7.66. The molecule has 1 N–H and O–H groups in total. The van der Waals surface area contributed by atoms with Crippen LogP contribution in [0.15, 0.2) is 49.1 Å². The second-order valence-electron chi connectivity index (χ2n) is 10.4. The Kier molecular flexibility index (Phi) is 10.1. The van der Waals surface area contributed by atoms with Crippen molar-refractivity contribution >= 4 is 12.0 Å². The highest BCUT2D eigenvalue weighted by atomic mass is 16.6. The van der Waals surface area contributed by atoms with Crippen LogP contribution in [-0.4, -0.2) is 51.1 Å². The summed E-state index contributed by atoms with van der Waals surface area (Å²) >= 11 is 0. The number of ether oxygens (including phenoxy) is 1. The van der Waals surface area contributed by atoms with Gasteiger partial charge in [-0.2, -0.15) is 0 Å². The maximum Gasteiger partial charge on any atom is 0.410 e.